The van der Waals surface area contributed by atoms with E-state index >= 15 is 0 Å². The van der Waals surface area contributed by atoms with Gasteiger partial charge in [-0.1, -0.05) is 61.9 Å². The summed E-state index contributed by atoms with van der Waals surface area (Å²) in [4.78, 5) is 12.3. The fourth-order valence-electron chi connectivity index (χ4n) is 3.05. The molecule has 2 N–H and O–H groups in total. The lowest BCUT2D eigenvalue weighted by atomic mass is 10.0. The lowest BCUT2D eigenvalue weighted by molar-refractivity contribution is 0.667. The van der Waals surface area contributed by atoms with Gasteiger partial charge in [0, 0.05) is 23.0 Å². The summed E-state index contributed by atoms with van der Waals surface area (Å²) < 4.78 is 1.88. The SMILES string of the molecule is CCCCc1cccc(=O)n1Cc1ccc(-c2ccccc2N)cc1. The van der Waals surface area contributed by atoms with Gasteiger partial charge in [0.2, 0.25) is 0 Å². The maximum Gasteiger partial charge on any atom is 0.251 e. The molecule has 0 aliphatic heterocycles. The Morgan fingerprint density at radius 2 is 1.68 bits per heavy atom. The van der Waals surface area contributed by atoms with Crippen LogP contribution in [0.1, 0.15) is 31.0 Å². The van der Waals surface area contributed by atoms with Crippen molar-refractivity contribution in [1.82, 2.24) is 4.57 Å². The van der Waals surface area contributed by atoms with Gasteiger partial charge in [0.05, 0.1) is 6.54 Å². The number of unbranched alkanes of at least 4 members (excludes halogenated alkanes) is 1. The number of anilines is 1. The molecule has 1 aromatic heterocycles. The predicted molar refractivity (Wildman–Crippen MR) is 105 cm³/mol. The highest BCUT2D eigenvalue weighted by atomic mass is 16.1. The van der Waals surface area contributed by atoms with Crippen molar-refractivity contribution in [3.63, 3.8) is 0 Å². The number of benzene rings is 2. The van der Waals surface area contributed by atoms with E-state index in [1.807, 2.05) is 34.9 Å². The molecule has 0 saturated heterocycles. The number of hydrogen-bond donors (Lipinski definition) is 1. The third kappa shape index (κ3) is 4.00. The molecule has 0 saturated carbocycles. The molecule has 0 fully saturated rings. The Morgan fingerprint density at radius 3 is 2.40 bits per heavy atom. The van der Waals surface area contributed by atoms with E-state index in [0.29, 0.717) is 6.54 Å². The van der Waals surface area contributed by atoms with Crippen molar-refractivity contribution in [2.45, 2.75) is 32.7 Å². The second kappa shape index (κ2) is 7.84. The lowest BCUT2D eigenvalue weighted by Gasteiger charge is -2.13. The third-order valence-electron chi connectivity index (χ3n) is 4.49. The minimum absolute atomic E-state index is 0.0602. The van der Waals surface area contributed by atoms with Crippen LogP contribution < -0.4 is 11.3 Å². The molecule has 3 nitrogen and oxygen atoms in total. The fourth-order valence-corrected chi connectivity index (χ4v) is 3.05. The van der Waals surface area contributed by atoms with Gasteiger partial charge in [-0.25, -0.2) is 0 Å². The van der Waals surface area contributed by atoms with Gasteiger partial charge in [-0.15, -0.1) is 0 Å². The number of nitrogens with zero attached hydrogens (tertiary/aromatic N) is 1. The molecule has 0 atom stereocenters. The van der Waals surface area contributed by atoms with Gasteiger partial charge in [0.1, 0.15) is 0 Å². The van der Waals surface area contributed by atoms with Crippen LogP contribution in [-0.4, -0.2) is 4.57 Å². The van der Waals surface area contributed by atoms with Gasteiger partial charge in [-0.3, -0.25) is 4.79 Å². The van der Waals surface area contributed by atoms with Crippen LogP contribution in [0.5, 0.6) is 0 Å². The van der Waals surface area contributed by atoms with Crippen molar-refractivity contribution < 1.29 is 0 Å². The van der Waals surface area contributed by atoms with Crippen LogP contribution in [0, 0.1) is 0 Å². The summed E-state index contributed by atoms with van der Waals surface area (Å²) >= 11 is 0. The number of para-hydroxylation sites is 1. The minimum atomic E-state index is 0.0602. The number of aryl methyl sites for hydroxylation is 1. The van der Waals surface area contributed by atoms with E-state index in [2.05, 4.69) is 37.3 Å². The number of nitrogens with two attached hydrogens (primary N) is 1. The first-order valence-electron chi connectivity index (χ1n) is 8.81. The summed E-state index contributed by atoms with van der Waals surface area (Å²) in [5.41, 5.74) is 11.2. The van der Waals surface area contributed by atoms with Crippen LogP contribution in [0.4, 0.5) is 5.69 Å². The normalized spacial score (nSPS) is 10.8. The van der Waals surface area contributed by atoms with Gasteiger partial charge in [0.15, 0.2) is 0 Å². The molecule has 3 rings (SSSR count). The topological polar surface area (TPSA) is 48.0 Å². The zero-order valence-corrected chi connectivity index (χ0v) is 14.6. The second-order valence-corrected chi connectivity index (χ2v) is 6.33. The van der Waals surface area contributed by atoms with E-state index in [0.717, 1.165) is 47.3 Å². The molecule has 0 unspecified atom stereocenters. The highest BCUT2D eigenvalue weighted by Crippen LogP contribution is 2.25. The summed E-state index contributed by atoms with van der Waals surface area (Å²) in [6.07, 6.45) is 3.15. The van der Waals surface area contributed by atoms with Crippen molar-refractivity contribution >= 4 is 5.69 Å². The summed E-state index contributed by atoms with van der Waals surface area (Å²) in [7, 11) is 0. The van der Waals surface area contributed by atoms with Crippen molar-refractivity contribution in [2.75, 3.05) is 5.73 Å². The van der Waals surface area contributed by atoms with Crippen LogP contribution in [0.2, 0.25) is 0 Å². The Labute approximate surface area is 148 Å². The Bertz CT molecular complexity index is 894. The van der Waals surface area contributed by atoms with E-state index in [1.165, 1.54) is 0 Å². The summed E-state index contributed by atoms with van der Waals surface area (Å²) in [5.74, 6) is 0. The Morgan fingerprint density at radius 1 is 0.920 bits per heavy atom. The van der Waals surface area contributed by atoms with E-state index in [4.69, 9.17) is 5.73 Å². The van der Waals surface area contributed by atoms with E-state index in [9.17, 15) is 4.79 Å². The standard InChI is InChI=1S/C22H24N2O/c1-2-3-7-19-8-6-11-22(25)24(19)16-17-12-14-18(15-13-17)20-9-4-5-10-21(20)23/h4-6,8-15H,2-3,7,16,23H2,1H3. The highest BCUT2D eigenvalue weighted by molar-refractivity contribution is 5.76. The fraction of sp³-hybridized carbons (Fsp3) is 0.227. The first-order valence-corrected chi connectivity index (χ1v) is 8.81. The number of pyridine rings is 1. The average molecular weight is 332 g/mol. The van der Waals surface area contributed by atoms with Crippen molar-refractivity contribution in [3.05, 3.63) is 88.3 Å². The van der Waals surface area contributed by atoms with Gasteiger partial charge in [-0.05, 0) is 36.1 Å². The largest absolute Gasteiger partial charge is 0.398 e. The van der Waals surface area contributed by atoms with Crippen LogP contribution in [0.3, 0.4) is 0 Å². The molecular weight excluding hydrogens is 308 g/mol. The number of nitrogen functional groups attached to an aromatic ring is 1. The number of hydrogen-bond acceptors (Lipinski definition) is 2. The Balaban J connectivity index is 1.85. The zero-order chi connectivity index (χ0) is 17.6. The second-order valence-electron chi connectivity index (χ2n) is 6.33. The molecule has 0 aliphatic rings. The summed E-state index contributed by atoms with van der Waals surface area (Å²) in [5, 5.41) is 0. The molecule has 2 aromatic carbocycles. The average Bonchev–Trinajstić information content (AvgIpc) is 2.63. The first kappa shape index (κ1) is 17.0. The molecule has 0 aliphatic carbocycles. The predicted octanol–water partition coefficient (Wildman–Crippen LogP) is 4.49. The van der Waals surface area contributed by atoms with Crippen molar-refractivity contribution in [1.29, 1.82) is 0 Å². The maximum absolute atomic E-state index is 12.3. The molecule has 0 spiro atoms. The molecule has 128 valence electrons. The van der Waals surface area contributed by atoms with Gasteiger partial charge < -0.3 is 10.3 Å². The Hall–Kier alpha value is -2.81. The highest BCUT2D eigenvalue weighted by Gasteiger charge is 2.06. The zero-order valence-electron chi connectivity index (χ0n) is 14.6. The molecular formula is C22H24N2O. The molecule has 0 radical (unpaired) electrons. The quantitative estimate of drug-likeness (QED) is 0.676. The van der Waals surface area contributed by atoms with Crippen molar-refractivity contribution in [2.24, 2.45) is 0 Å². The summed E-state index contributed by atoms with van der Waals surface area (Å²) in [6, 6.07) is 21.7. The first-order chi connectivity index (χ1) is 12.2. The maximum atomic E-state index is 12.3. The molecule has 3 aromatic rings. The molecule has 0 bridgehead atoms. The minimum Gasteiger partial charge on any atom is -0.398 e. The number of rotatable bonds is 6. The summed E-state index contributed by atoms with van der Waals surface area (Å²) in [6.45, 7) is 2.77. The van der Waals surface area contributed by atoms with E-state index in [-0.39, 0.29) is 5.56 Å². The molecule has 1 heterocycles. The van der Waals surface area contributed by atoms with E-state index < -0.39 is 0 Å². The van der Waals surface area contributed by atoms with E-state index in [1.54, 1.807) is 6.07 Å². The Kier molecular flexibility index (Phi) is 5.34. The van der Waals surface area contributed by atoms with Crippen LogP contribution in [-0.2, 0) is 13.0 Å². The third-order valence-corrected chi connectivity index (χ3v) is 4.49. The smallest absolute Gasteiger partial charge is 0.251 e. The monoisotopic (exact) mass is 332 g/mol. The molecule has 25 heavy (non-hydrogen) atoms. The van der Waals surface area contributed by atoms with Gasteiger partial charge in [-0.2, -0.15) is 0 Å². The molecule has 0 amide bonds. The number of aromatic nitrogens is 1. The van der Waals surface area contributed by atoms with Gasteiger partial charge in [0.25, 0.3) is 5.56 Å². The van der Waals surface area contributed by atoms with Gasteiger partial charge >= 0.3 is 0 Å². The van der Waals surface area contributed by atoms with Crippen molar-refractivity contribution in [3.8, 4) is 11.1 Å². The lowest BCUT2D eigenvalue weighted by Crippen LogP contribution is -2.23. The van der Waals surface area contributed by atoms with Crippen LogP contribution in [0.25, 0.3) is 11.1 Å². The molecule has 3 heteroatoms. The van der Waals surface area contributed by atoms with Crippen LogP contribution in [0.15, 0.2) is 71.5 Å². The van der Waals surface area contributed by atoms with Crippen LogP contribution >= 0.6 is 0 Å².